The maximum atomic E-state index is 5.95. The van der Waals surface area contributed by atoms with E-state index in [2.05, 4.69) is 41.3 Å². The molecule has 0 radical (unpaired) electrons. The van der Waals surface area contributed by atoms with Gasteiger partial charge in [-0.25, -0.2) is 0 Å². The number of nitrogens with zero attached hydrogens (tertiary/aromatic N) is 1. The van der Waals surface area contributed by atoms with Gasteiger partial charge in [0.2, 0.25) is 0 Å². The van der Waals surface area contributed by atoms with Gasteiger partial charge < -0.3 is 9.47 Å². The van der Waals surface area contributed by atoms with Crippen LogP contribution in [0.4, 0.5) is 0 Å². The van der Waals surface area contributed by atoms with Crippen LogP contribution >= 0.6 is 0 Å². The molecular formula is C19H21NO2. The van der Waals surface area contributed by atoms with E-state index in [1.807, 2.05) is 12.1 Å². The van der Waals surface area contributed by atoms with E-state index >= 15 is 0 Å². The summed E-state index contributed by atoms with van der Waals surface area (Å²) in [6, 6.07) is 16.9. The zero-order valence-electron chi connectivity index (χ0n) is 12.9. The first-order chi connectivity index (χ1) is 10.8. The van der Waals surface area contributed by atoms with Gasteiger partial charge in [-0.15, -0.1) is 0 Å². The first kappa shape index (κ1) is 13.6. The van der Waals surface area contributed by atoms with Crippen LogP contribution in [0.1, 0.15) is 17.0 Å². The quantitative estimate of drug-likeness (QED) is 0.867. The lowest BCUT2D eigenvalue weighted by Crippen LogP contribution is -2.25. The summed E-state index contributed by atoms with van der Waals surface area (Å²) in [5.74, 6) is 3.10. The Hall–Kier alpha value is -2.00. The average Bonchev–Trinajstić information content (AvgIpc) is 2.98. The van der Waals surface area contributed by atoms with Gasteiger partial charge in [-0.05, 0) is 23.8 Å². The zero-order chi connectivity index (χ0) is 14.9. The molecule has 0 N–H and O–H groups in total. The molecule has 0 aliphatic carbocycles. The monoisotopic (exact) mass is 295 g/mol. The summed E-state index contributed by atoms with van der Waals surface area (Å²) in [5.41, 5.74) is 2.69. The summed E-state index contributed by atoms with van der Waals surface area (Å²) in [5, 5.41) is 0. The zero-order valence-corrected chi connectivity index (χ0v) is 12.9. The maximum Gasteiger partial charge on any atom is 0.123 e. The highest BCUT2D eigenvalue weighted by molar-refractivity contribution is 5.45. The summed E-state index contributed by atoms with van der Waals surface area (Å²) in [4.78, 5) is 2.54. The molecule has 0 unspecified atom stereocenters. The van der Waals surface area contributed by atoms with Gasteiger partial charge in [0.05, 0.1) is 13.7 Å². The summed E-state index contributed by atoms with van der Waals surface area (Å²) in [7, 11) is 1.72. The van der Waals surface area contributed by atoms with Gasteiger partial charge in [0.1, 0.15) is 11.5 Å². The minimum absolute atomic E-state index is 0.558. The second-order valence-electron chi connectivity index (χ2n) is 6.26. The Kier molecular flexibility index (Phi) is 3.51. The molecule has 3 heteroatoms. The first-order valence-electron chi connectivity index (χ1n) is 7.90. The molecule has 2 aromatic rings. The highest BCUT2D eigenvalue weighted by Gasteiger charge is 2.38. The van der Waals surface area contributed by atoms with Gasteiger partial charge in [-0.2, -0.15) is 0 Å². The predicted octanol–water partition coefficient (Wildman–Crippen LogP) is 3.30. The van der Waals surface area contributed by atoms with Crippen molar-refractivity contribution in [1.29, 1.82) is 0 Å². The van der Waals surface area contributed by atoms with Crippen LogP contribution in [0, 0.1) is 5.92 Å². The fourth-order valence-electron chi connectivity index (χ4n) is 3.72. The Bertz CT molecular complexity index is 656. The van der Waals surface area contributed by atoms with Crippen LogP contribution in [-0.4, -0.2) is 31.7 Å². The Labute approximate surface area is 131 Å². The molecule has 1 saturated heterocycles. The molecular weight excluding hydrogens is 274 g/mol. The van der Waals surface area contributed by atoms with E-state index in [4.69, 9.17) is 9.47 Å². The molecule has 114 valence electrons. The van der Waals surface area contributed by atoms with E-state index in [1.165, 1.54) is 11.1 Å². The molecule has 3 nitrogen and oxygen atoms in total. The van der Waals surface area contributed by atoms with Gasteiger partial charge in [0.15, 0.2) is 0 Å². The third-order valence-corrected chi connectivity index (χ3v) is 4.83. The molecule has 2 aliphatic heterocycles. The van der Waals surface area contributed by atoms with Crippen molar-refractivity contribution in [2.45, 2.75) is 12.5 Å². The van der Waals surface area contributed by atoms with E-state index in [1.54, 1.807) is 7.11 Å². The van der Waals surface area contributed by atoms with Crippen LogP contribution < -0.4 is 9.47 Å². The van der Waals surface area contributed by atoms with Crippen LogP contribution in [0.3, 0.4) is 0 Å². The Morgan fingerprint density at radius 1 is 1.14 bits per heavy atom. The largest absolute Gasteiger partial charge is 0.497 e. The molecule has 0 aromatic heterocycles. The second kappa shape index (κ2) is 5.65. The van der Waals surface area contributed by atoms with E-state index in [-0.39, 0.29) is 0 Å². The Balaban J connectivity index is 1.55. The lowest BCUT2D eigenvalue weighted by Gasteiger charge is -2.28. The normalized spacial score (nSPS) is 23.5. The summed E-state index contributed by atoms with van der Waals surface area (Å²) >= 11 is 0. The van der Waals surface area contributed by atoms with Gasteiger partial charge in [0, 0.05) is 37.0 Å². The number of hydrogen-bond donors (Lipinski definition) is 0. The summed E-state index contributed by atoms with van der Waals surface area (Å²) < 4.78 is 11.3. The minimum atomic E-state index is 0.558. The highest BCUT2D eigenvalue weighted by atomic mass is 16.5. The Morgan fingerprint density at radius 3 is 2.82 bits per heavy atom. The number of methoxy groups -OCH3 is 1. The SMILES string of the molecule is COc1ccc2c(c1)[C@H]1CN(Cc3ccccc3)C[C@@H]1CO2. The van der Waals surface area contributed by atoms with Crippen LogP contribution in [-0.2, 0) is 6.54 Å². The molecule has 1 fully saturated rings. The lowest BCUT2D eigenvalue weighted by molar-refractivity contribution is 0.211. The fourth-order valence-corrected chi connectivity index (χ4v) is 3.72. The van der Waals surface area contributed by atoms with Crippen molar-refractivity contribution in [2.24, 2.45) is 5.92 Å². The minimum Gasteiger partial charge on any atom is -0.497 e. The molecule has 0 amide bonds. The van der Waals surface area contributed by atoms with Gasteiger partial charge >= 0.3 is 0 Å². The van der Waals surface area contributed by atoms with Crippen molar-refractivity contribution in [2.75, 3.05) is 26.8 Å². The molecule has 2 atom stereocenters. The standard InChI is InChI=1S/C19H21NO2/c1-21-16-7-8-19-17(9-16)18-12-20(11-15(18)13-22-19)10-14-5-3-2-4-6-14/h2-9,15,18H,10-13H2,1H3/t15-,18+/m1/s1. The number of hydrogen-bond acceptors (Lipinski definition) is 3. The predicted molar refractivity (Wildman–Crippen MR) is 86.4 cm³/mol. The highest BCUT2D eigenvalue weighted by Crippen LogP contribution is 2.43. The molecule has 0 spiro atoms. The maximum absolute atomic E-state index is 5.95. The summed E-state index contributed by atoms with van der Waals surface area (Å²) in [6.45, 7) is 4.06. The third-order valence-electron chi connectivity index (χ3n) is 4.83. The lowest BCUT2D eigenvalue weighted by atomic mass is 9.87. The van der Waals surface area contributed by atoms with Crippen molar-refractivity contribution >= 4 is 0 Å². The molecule has 22 heavy (non-hydrogen) atoms. The molecule has 2 heterocycles. The van der Waals surface area contributed by atoms with Crippen molar-refractivity contribution in [3.05, 3.63) is 59.7 Å². The van der Waals surface area contributed by atoms with Crippen LogP contribution in [0.5, 0.6) is 11.5 Å². The number of benzene rings is 2. The number of likely N-dealkylation sites (tertiary alicyclic amines) is 1. The van der Waals surface area contributed by atoms with Gasteiger partial charge in [0.25, 0.3) is 0 Å². The summed E-state index contributed by atoms with van der Waals surface area (Å²) in [6.07, 6.45) is 0. The average molecular weight is 295 g/mol. The van der Waals surface area contributed by atoms with Crippen molar-refractivity contribution < 1.29 is 9.47 Å². The topological polar surface area (TPSA) is 21.7 Å². The van der Waals surface area contributed by atoms with Crippen molar-refractivity contribution in [3.8, 4) is 11.5 Å². The molecule has 2 aromatic carbocycles. The van der Waals surface area contributed by atoms with Gasteiger partial charge in [-0.1, -0.05) is 30.3 Å². The number of rotatable bonds is 3. The van der Waals surface area contributed by atoms with Crippen molar-refractivity contribution in [1.82, 2.24) is 4.90 Å². The number of ether oxygens (including phenoxy) is 2. The van der Waals surface area contributed by atoms with Gasteiger partial charge in [-0.3, -0.25) is 4.90 Å². The van der Waals surface area contributed by atoms with Crippen molar-refractivity contribution in [3.63, 3.8) is 0 Å². The molecule has 2 aliphatic rings. The van der Waals surface area contributed by atoms with Crippen LogP contribution in [0.2, 0.25) is 0 Å². The van der Waals surface area contributed by atoms with E-state index < -0.39 is 0 Å². The third kappa shape index (κ3) is 2.46. The van der Waals surface area contributed by atoms with Crippen LogP contribution in [0.15, 0.2) is 48.5 Å². The smallest absolute Gasteiger partial charge is 0.123 e. The van der Waals surface area contributed by atoms with E-state index in [0.29, 0.717) is 11.8 Å². The van der Waals surface area contributed by atoms with E-state index in [9.17, 15) is 0 Å². The Morgan fingerprint density at radius 2 is 2.00 bits per heavy atom. The molecule has 0 bridgehead atoms. The second-order valence-corrected chi connectivity index (χ2v) is 6.26. The molecule has 4 rings (SSSR count). The molecule has 0 saturated carbocycles. The fraction of sp³-hybridized carbons (Fsp3) is 0.368. The number of fused-ring (bicyclic) bond motifs is 3. The van der Waals surface area contributed by atoms with Crippen LogP contribution in [0.25, 0.3) is 0 Å². The van der Waals surface area contributed by atoms with E-state index in [0.717, 1.165) is 37.7 Å². The first-order valence-corrected chi connectivity index (χ1v) is 7.90.